The highest BCUT2D eigenvalue weighted by atomic mass is 35.5. The fourth-order valence-electron chi connectivity index (χ4n) is 2.14. The van der Waals surface area contributed by atoms with Crippen LogP contribution in [0.1, 0.15) is 17.0 Å². The van der Waals surface area contributed by atoms with Crippen LogP contribution in [0.3, 0.4) is 0 Å². The Morgan fingerprint density at radius 1 is 1.22 bits per heavy atom. The molecule has 3 rings (SSSR count). The monoisotopic (exact) mass is 351 g/mol. The zero-order valence-corrected chi connectivity index (χ0v) is 14.1. The SMILES string of the molecule is Cc1cc(C)n2nc(S(=O)(=O)NCc3ccccc3Cl)nc2n1. The second-order valence-corrected chi connectivity index (χ2v) is 7.13. The lowest BCUT2D eigenvalue weighted by Gasteiger charge is -2.05. The zero-order chi connectivity index (χ0) is 16.6. The van der Waals surface area contributed by atoms with Crippen LogP contribution < -0.4 is 4.72 Å². The number of halogens is 1. The van der Waals surface area contributed by atoms with Crippen molar-refractivity contribution in [2.75, 3.05) is 0 Å². The normalized spacial score (nSPS) is 12.0. The van der Waals surface area contributed by atoms with E-state index in [1.165, 1.54) is 4.52 Å². The summed E-state index contributed by atoms with van der Waals surface area (Å²) in [6, 6.07) is 8.81. The van der Waals surface area contributed by atoms with Crippen molar-refractivity contribution in [3.63, 3.8) is 0 Å². The number of sulfonamides is 1. The lowest BCUT2D eigenvalue weighted by molar-refractivity contribution is 0.571. The number of hydrogen-bond acceptors (Lipinski definition) is 5. The average Bonchev–Trinajstić information content (AvgIpc) is 2.91. The molecule has 0 atom stereocenters. The Kier molecular flexibility index (Phi) is 4.05. The van der Waals surface area contributed by atoms with Crippen LogP contribution in [0.5, 0.6) is 0 Å². The minimum Gasteiger partial charge on any atom is -0.216 e. The van der Waals surface area contributed by atoms with Crippen LogP contribution in [0.4, 0.5) is 0 Å². The minimum absolute atomic E-state index is 0.0585. The summed E-state index contributed by atoms with van der Waals surface area (Å²) in [7, 11) is -3.86. The Morgan fingerprint density at radius 2 is 1.96 bits per heavy atom. The fourth-order valence-corrected chi connectivity index (χ4v) is 3.21. The van der Waals surface area contributed by atoms with E-state index in [9.17, 15) is 8.42 Å². The highest BCUT2D eigenvalue weighted by molar-refractivity contribution is 7.89. The third-order valence-electron chi connectivity index (χ3n) is 3.25. The predicted molar refractivity (Wildman–Crippen MR) is 85.7 cm³/mol. The van der Waals surface area contributed by atoms with E-state index in [1.54, 1.807) is 30.3 Å². The second-order valence-electron chi connectivity index (χ2n) is 5.06. The van der Waals surface area contributed by atoms with Gasteiger partial charge in [0.2, 0.25) is 0 Å². The molecule has 120 valence electrons. The summed E-state index contributed by atoms with van der Waals surface area (Å²) in [6.07, 6.45) is 0. The lowest BCUT2D eigenvalue weighted by Crippen LogP contribution is -2.24. The predicted octanol–water partition coefficient (Wildman–Crippen LogP) is 1.87. The maximum absolute atomic E-state index is 12.4. The quantitative estimate of drug-likeness (QED) is 0.775. The average molecular weight is 352 g/mol. The highest BCUT2D eigenvalue weighted by Gasteiger charge is 2.21. The first-order valence-corrected chi connectivity index (χ1v) is 8.67. The Balaban J connectivity index is 1.91. The molecular formula is C14H14ClN5O2S. The van der Waals surface area contributed by atoms with Crippen LogP contribution in [0, 0.1) is 13.8 Å². The summed E-state index contributed by atoms with van der Waals surface area (Å²) in [4.78, 5) is 8.18. The smallest absolute Gasteiger partial charge is 0.216 e. The van der Waals surface area contributed by atoms with Crippen molar-refractivity contribution in [3.8, 4) is 0 Å². The number of benzene rings is 1. The Bertz CT molecular complexity index is 984. The van der Waals surface area contributed by atoms with Gasteiger partial charge in [0.1, 0.15) is 0 Å². The van der Waals surface area contributed by atoms with Crippen LogP contribution >= 0.6 is 11.6 Å². The molecule has 2 heterocycles. The van der Waals surface area contributed by atoms with E-state index in [1.807, 2.05) is 13.8 Å². The van der Waals surface area contributed by atoms with Crippen molar-refractivity contribution in [1.82, 2.24) is 24.3 Å². The third-order valence-corrected chi connectivity index (χ3v) is 4.80. The van der Waals surface area contributed by atoms with E-state index in [-0.39, 0.29) is 17.5 Å². The minimum atomic E-state index is -3.86. The number of aryl methyl sites for hydroxylation is 2. The first-order valence-electron chi connectivity index (χ1n) is 6.81. The first kappa shape index (κ1) is 15.9. The molecule has 0 aliphatic rings. The Labute approximate surface area is 138 Å². The largest absolute Gasteiger partial charge is 0.284 e. The van der Waals surface area contributed by atoms with Gasteiger partial charge in [-0.05, 0) is 31.5 Å². The zero-order valence-electron chi connectivity index (χ0n) is 12.5. The van der Waals surface area contributed by atoms with Gasteiger partial charge in [-0.3, -0.25) is 0 Å². The van der Waals surface area contributed by atoms with Crippen LogP contribution in [0.2, 0.25) is 5.02 Å². The summed E-state index contributed by atoms with van der Waals surface area (Å²) < 4.78 is 28.6. The maximum Gasteiger partial charge on any atom is 0.284 e. The topological polar surface area (TPSA) is 89.3 Å². The van der Waals surface area contributed by atoms with Gasteiger partial charge in [-0.25, -0.2) is 22.6 Å². The molecule has 0 amide bonds. The van der Waals surface area contributed by atoms with Crippen LogP contribution in [-0.4, -0.2) is 28.0 Å². The Morgan fingerprint density at radius 3 is 2.70 bits per heavy atom. The molecule has 3 aromatic rings. The highest BCUT2D eigenvalue weighted by Crippen LogP contribution is 2.15. The first-order chi connectivity index (χ1) is 10.9. The van der Waals surface area contributed by atoms with Gasteiger partial charge in [-0.15, -0.1) is 5.10 Å². The number of nitrogens with one attached hydrogen (secondary N) is 1. The van der Waals surface area contributed by atoms with Crippen molar-refractivity contribution in [2.45, 2.75) is 25.5 Å². The standard InChI is InChI=1S/C14H14ClN5O2S/c1-9-7-10(2)20-13(17-9)18-14(19-20)23(21,22)16-8-11-5-3-4-6-12(11)15/h3-7,16H,8H2,1-2H3. The number of hydrogen-bond donors (Lipinski definition) is 1. The summed E-state index contributed by atoms with van der Waals surface area (Å²) in [5.41, 5.74) is 2.18. The lowest BCUT2D eigenvalue weighted by atomic mass is 10.2. The van der Waals surface area contributed by atoms with Gasteiger partial charge >= 0.3 is 0 Å². The van der Waals surface area contributed by atoms with E-state index in [0.29, 0.717) is 10.6 Å². The van der Waals surface area contributed by atoms with E-state index < -0.39 is 10.0 Å². The number of rotatable bonds is 4. The second kappa shape index (κ2) is 5.88. The van der Waals surface area contributed by atoms with Crippen LogP contribution in [0.15, 0.2) is 35.5 Å². The molecule has 9 heteroatoms. The van der Waals surface area contributed by atoms with Crippen molar-refractivity contribution < 1.29 is 8.42 Å². The van der Waals surface area contributed by atoms with Gasteiger partial charge in [0.15, 0.2) is 0 Å². The van der Waals surface area contributed by atoms with Gasteiger partial charge in [-0.2, -0.15) is 4.98 Å². The maximum atomic E-state index is 12.4. The molecule has 0 aliphatic carbocycles. The summed E-state index contributed by atoms with van der Waals surface area (Å²) in [5, 5.41) is 4.20. The molecule has 0 unspecified atom stereocenters. The van der Waals surface area contributed by atoms with Gasteiger partial charge in [0.25, 0.3) is 21.0 Å². The van der Waals surface area contributed by atoms with Gasteiger partial charge in [0, 0.05) is 23.0 Å². The molecule has 0 fully saturated rings. The van der Waals surface area contributed by atoms with Crippen molar-refractivity contribution in [1.29, 1.82) is 0 Å². The molecule has 0 bridgehead atoms. The van der Waals surface area contributed by atoms with Crippen molar-refractivity contribution in [3.05, 3.63) is 52.3 Å². The van der Waals surface area contributed by atoms with E-state index in [4.69, 9.17) is 11.6 Å². The van der Waals surface area contributed by atoms with Crippen molar-refractivity contribution in [2.24, 2.45) is 0 Å². The number of fused-ring (bicyclic) bond motifs is 1. The third kappa shape index (κ3) is 3.19. The summed E-state index contributed by atoms with van der Waals surface area (Å²) in [6.45, 7) is 3.68. The molecule has 23 heavy (non-hydrogen) atoms. The Hall–Kier alpha value is -2.03. The van der Waals surface area contributed by atoms with E-state index in [2.05, 4.69) is 19.8 Å². The number of nitrogens with zero attached hydrogens (tertiary/aromatic N) is 4. The van der Waals surface area contributed by atoms with Crippen LogP contribution in [-0.2, 0) is 16.6 Å². The van der Waals surface area contributed by atoms with Gasteiger partial charge in [0.05, 0.1) is 0 Å². The molecule has 0 spiro atoms. The molecule has 2 aromatic heterocycles. The van der Waals surface area contributed by atoms with Crippen LogP contribution in [0.25, 0.3) is 5.78 Å². The fraction of sp³-hybridized carbons (Fsp3) is 0.214. The van der Waals surface area contributed by atoms with Gasteiger partial charge < -0.3 is 0 Å². The molecule has 1 N–H and O–H groups in total. The molecule has 0 aliphatic heterocycles. The summed E-state index contributed by atoms with van der Waals surface area (Å²) in [5.74, 6) is 0.251. The molecule has 0 saturated heterocycles. The van der Waals surface area contributed by atoms with E-state index in [0.717, 1.165) is 11.4 Å². The molecular weight excluding hydrogens is 338 g/mol. The molecule has 1 aromatic carbocycles. The van der Waals surface area contributed by atoms with E-state index >= 15 is 0 Å². The molecule has 0 radical (unpaired) electrons. The molecule has 7 nitrogen and oxygen atoms in total. The number of aromatic nitrogens is 4. The van der Waals surface area contributed by atoms with Crippen molar-refractivity contribution >= 4 is 27.4 Å². The summed E-state index contributed by atoms with van der Waals surface area (Å²) >= 11 is 6.02. The van der Waals surface area contributed by atoms with Gasteiger partial charge in [-0.1, -0.05) is 29.8 Å². The molecule has 0 saturated carbocycles.